The first kappa shape index (κ1) is 12.4. The molecule has 2 amide bonds. The van der Waals surface area contributed by atoms with Gasteiger partial charge in [-0.3, -0.25) is 14.5 Å². The number of nitrogens with zero attached hydrogens (tertiary/aromatic N) is 1. The summed E-state index contributed by atoms with van der Waals surface area (Å²) in [5.41, 5.74) is 1.53. The summed E-state index contributed by atoms with van der Waals surface area (Å²) in [5, 5.41) is 3.39. The van der Waals surface area contributed by atoms with E-state index in [2.05, 4.69) is 5.32 Å². The Kier molecular flexibility index (Phi) is 3.34. The third-order valence-corrected chi connectivity index (χ3v) is 3.95. The Morgan fingerprint density at radius 2 is 2.05 bits per heavy atom. The van der Waals surface area contributed by atoms with E-state index in [1.54, 1.807) is 0 Å². The average molecular weight is 258 g/mol. The zero-order valence-corrected chi connectivity index (χ0v) is 10.9. The zero-order valence-electron chi connectivity index (χ0n) is 10.9. The number of piperidine rings is 1. The second kappa shape index (κ2) is 5.13. The van der Waals surface area contributed by atoms with Crippen LogP contribution in [-0.4, -0.2) is 35.8 Å². The lowest BCUT2D eigenvalue weighted by Gasteiger charge is -2.32. The quantitative estimate of drug-likeness (QED) is 0.815. The van der Waals surface area contributed by atoms with Crippen LogP contribution in [-0.2, 0) is 11.2 Å². The van der Waals surface area contributed by atoms with Crippen LogP contribution in [0.25, 0.3) is 0 Å². The molecule has 3 rings (SSSR count). The topological polar surface area (TPSA) is 49.4 Å². The number of carbonyl (C=O) groups is 2. The fraction of sp³-hybridized carbons (Fsp3) is 0.467. The van der Waals surface area contributed by atoms with Gasteiger partial charge in [-0.15, -0.1) is 0 Å². The molecule has 0 bridgehead atoms. The lowest BCUT2D eigenvalue weighted by atomic mass is 9.97. The molecule has 1 atom stereocenters. The molecule has 100 valence electrons. The molecule has 2 heterocycles. The van der Waals surface area contributed by atoms with Gasteiger partial charge in [0.05, 0.1) is 6.42 Å². The van der Waals surface area contributed by atoms with Crippen molar-refractivity contribution in [2.24, 2.45) is 0 Å². The maximum atomic E-state index is 12.4. The van der Waals surface area contributed by atoms with Crippen molar-refractivity contribution >= 4 is 11.8 Å². The van der Waals surface area contributed by atoms with Gasteiger partial charge in [0, 0.05) is 18.2 Å². The van der Waals surface area contributed by atoms with E-state index in [-0.39, 0.29) is 17.9 Å². The Balaban J connectivity index is 1.79. The second-order valence-corrected chi connectivity index (χ2v) is 5.29. The summed E-state index contributed by atoms with van der Waals surface area (Å²) < 4.78 is 0. The molecule has 1 unspecified atom stereocenters. The molecule has 1 aromatic rings. The van der Waals surface area contributed by atoms with Crippen molar-refractivity contribution in [3.63, 3.8) is 0 Å². The zero-order chi connectivity index (χ0) is 13.2. The summed E-state index contributed by atoms with van der Waals surface area (Å²) in [7, 11) is 0. The van der Waals surface area contributed by atoms with Gasteiger partial charge in [0.25, 0.3) is 5.91 Å². The van der Waals surface area contributed by atoms with Crippen LogP contribution in [0.15, 0.2) is 24.3 Å². The van der Waals surface area contributed by atoms with E-state index >= 15 is 0 Å². The fourth-order valence-corrected chi connectivity index (χ4v) is 2.89. The molecule has 1 saturated heterocycles. The largest absolute Gasteiger partial charge is 0.312 e. The molecular formula is C15H18N2O2. The summed E-state index contributed by atoms with van der Waals surface area (Å²) >= 11 is 0. The first-order chi connectivity index (χ1) is 9.25. The van der Waals surface area contributed by atoms with Crippen LogP contribution in [0.1, 0.15) is 35.2 Å². The van der Waals surface area contributed by atoms with Gasteiger partial charge in [-0.05, 0) is 31.0 Å². The molecule has 19 heavy (non-hydrogen) atoms. The molecule has 0 spiro atoms. The van der Waals surface area contributed by atoms with E-state index in [0.29, 0.717) is 18.5 Å². The number of hydrogen-bond donors (Lipinski definition) is 1. The Labute approximate surface area is 112 Å². The number of amides is 2. The van der Waals surface area contributed by atoms with E-state index in [0.717, 1.165) is 18.5 Å². The number of benzene rings is 1. The highest BCUT2D eigenvalue weighted by Gasteiger charge is 2.32. The van der Waals surface area contributed by atoms with Crippen LogP contribution in [0, 0.1) is 0 Å². The van der Waals surface area contributed by atoms with E-state index in [1.807, 2.05) is 24.3 Å². The second-order valence-electron chi connectivity index (χ2n) is 5.29. The fourth-order valence-electron chi connectivity index (χ4n) is 2.89. The smallest absolute Gasteiger partial charge is 0.260 e. The number of nitrogens with one attached hydrogen (secondary N) is 1. The highest BCUT2D eigenvalue weighted by atomic mass is 16.2. The standard InChI is InChI=1S/C15H18N2O2/c18-14-9-11-5-1-2-7-13(11)15(19)17(14)10-12-6-3-4-8-16-12/h1-2,5,7,12,16H,3-4,6,8-10H2. The van der Waals surface area contributed by atoms with E-state index in [9.17, 15) is 9.59 Å². The van der Waals surface area contributed by atoms with Crippen LogP contribution < -0.4 is 5.32 Å². The molecule has 0 saturated carbocycles. The SMILES string of the molecule is O=C1Cc2ccccc2C(=O)N1CC1CCCCN1. The van der Waals surface area contributed by atoms with Gasteiger partial charge < -0.3 is 5.32 Å². The molecular weight excluding hydrogens is 240 g/mol. The Morgan fingerprint density at radius 3 is 2.84 bits per heavy atom. The van der Waals surface area contributed by atoms with Crippen LogP contribution in [0.2, 0.25) is 0 Å². The number of hydrogen-bond acceptors (Lipinski definition) is 3. The van der Waals surface area contributed by atoms with Gasteiger partial charge in [0.1, 0.15) is 0 Å². The van der Waals surface area contributed by atoms with Gasteiger partial charge in [0.2, 0.25) is 5.91 Å². The Hall–Kier alpha value is -1.68. The average Bonchev–Trinajstić information content (AvgIpc) is 2.45. The van der Waals surface area contributed by atoms with Crippen molar-refractivity contribution in [2.45, 2.75) is 31.7 Å². The normalized spacial score (nSPS) is 23.4. The summed E-state index contributed by atoms with van der Waals surface area (Å²) in [6, 6.07) is 7.65. The summed E-state index contributed by atoms with van der Waals surface area (Å²) in [6.45, 7) is 1.49. The van der Waals surface area contributed by atoms with Crippen LogP contribution in [0.3, 0.4) is 0 Å². The Bertz CT molecular complexity index is 507. The van der Waals surface area contributed by atoms with Crippen LogP contribution in [0.4, 0.5) is 0 Å². The number of imide groups is 1. The monoisotopic (exact) mass is 258 g/mol. The van der Waals surface area contributed by atoms with Crippen molar-refractivity contribution in [3.05, 3.63) is 35.4 Å². The molecule has 0 radical (unpaired) electrons. The predicted octanol–water partition coefficient (Wildman–Crippen LogP) is 1.35. The maximum Gasteiger partial charge on any atom is 0.260 e. The number of carbonyl (C=O) groups excluding carboxylic acids is 2. The predicted molar refractivity (Wildman–Crippen MR) is 71.8 cm³/mol. The number of rotatable bonds is 2. The highest BCUT2D eigenvalue weighted by Crippen LogP contribution is 2.20. The van der Waals surface area contributed by atoms with Crippen molar-refractivity contribution in [2.75, 3.05) is 13.1 Å². The summed E-state index contributed by atoms with van der Waals surface area (Å²) in [6.07, 6.45) is 3.74. The maximum absolute atomic E-state index is 12.4. The van der Waals surface area contributed by atoms with E-state index in [1.165, 1.54) is 17.7 Å². The number of fused-ring (bicyclic) bond motifs is 1. The van der Waals surface area contributed by atoms with Gasteiger partial charge in [-0.2, -0.15) is 0 Å². The molecule has 1 aromatic carbocycles. The Morgan fingerprint density at radius 1 is 1.21 bits per heavy atom. The minimum atomic E-state index is -0.140. The van der Waals surface area contributed by atoms with Gasteiger partial charge in [-0.25, -0.2) is 0 Å². The lowest BCUT2D eigenvalue weighted by molar-refractivity contribution is -0.128. The molecule has 1 fully saturated rings. The molecule has 0 aliphatic carbocycles. The van der Waals surface area contributed by atoms with Crippen molar-refractivity contribution in [3.8, 4) is 0 Å². The third-order valence-electron chi connectivity index (χ3n) is 3.95. The van der Waals surface area contributed by atoms with Crippen molar-refractivity contribution in [1.82, 2.24) is 10.2 Å². The highest BCUT2D eigenvalue weighted by molar-refractivity contribution is 6.09. The minimum Gasteiger partial charge on any atom is -0.312 e. The summed E-state index contributed by atoms with van der Waals surface area (Å²) in [5.74, 6) is -0.213. The van der Waals surface area contributed by atoms with E-state index in [4.69, 9.17) is 0 Å². The first-order valence-corrected chi connectivity index (χ1v) is 6.91. The lowest BCUT2D eigenvalue weighted by Crippen LogP contribution is -2.50. The third kappa shape index (κ3) is 2.40. The molecule has 1 N–H and O–H groups in total. The summed E-state index contributed by atoms with van der Waals surface area (Å²) in [4.78, 5) is 25.9. The van der Waals surface area contributed by atoms with Gasteiger partial charge in [-0.1, -0.05) is 24.6 Å². The molecule has 4 nitrogen and oxygen atoms in total. The molecule has 0 aromatic heterocycles. The van der Waals surface area contributed by atoms with Crippen molar-refractivity contribution in [1.29, 1.82) is 0 Å². The minimum absolute atomic E-state index is 0.0731. The molecule has 4 heteroatoms. The molecule has 2 aliphatic heterocycles. The van der Waals surface area contributed by atoms with Gasteiger partial charge in [0.15, 0.2) is 0 Å². The van der Waals surface area contributed by atoms with Crippen LogP contribution >= 0.6 is 0 Å². The van der Waals surface area contributed by atoms with E-state index < -0.39 is 0 Å². The van der Waals surface area contributed by atoms with Crippen molar-refractivity contribution < 1.29 is 9.59 Å². The molecule has 2 aliphatic rings. The first-order valence-electron chi connectivity index (χ1n) is 6.91. The van der Waals surface area contributed by atoms with Crippen LogP contribution in [0.5, 0.6) is 0 Å². The van der Waals surface area contributed by atoms with Gasteiger partial charge >= 0.3 is 0 Å².